The fourth-order valence-corrected chi connectivity index (χ4v) is 8.32. The number of methoxy groups -OCH3 is 1. The molecule has 2 unspecified atom stereocenters. The summed E-state index contributed by atoms with van der Waals surface area (Å²) < 4.78 is 31.3. The molecule has 1 amide bonds. The number of carbonyl (C=O) groups is 1. The molecule has 0 spiro atoms. The van der Waals surface area contributed by atoms with Crippen molar-refractivity contribution >= 4 is 38.5 Å². The summed E-state index contributed by atoms with van der Waals surface area (Å²) in [6.07, 6.45) is 1.29. The van der Waals surface area contributed by atoms with Gasteiger partial charge in [-0.2, -0.15) is 0 Å². The van der Waals surface area contributed by atoms with Crippen molar-refractivity contribution in [1.29, 1.82) is 0 Å². The number of likely N-dealkylation sites (tertiary alicyclic amines) is 1. The number of ether oxygens (including phenoxy) is 5. The van der Waals surface area contributed by atoms with Gasteiger partial charge in [-0.1, -0.05) is 72.0 Å². The molecule has 0 aliphatic carbocycles. The minimum Gasteiger partial charge on any atom is -0.490 e. The average Bonchev–Trinajstić information content (AvgIpc) is 3.62. The maximum Gasteiger partial charge on any atom is 0.410 e. The normalized spacial score (nSPS) is 18.7. The van der Waals surface area contributed by atoms with Gasteiger partial charge < -0.3 is 38.4 Å². The minimum absolute atomic E-state index is 0.104. The topological polar surface area (TPSA) is 85.8 Å². The molecule has 53 heavy (non-hydrogen) atoms. The second-order valence-corrected chi connectivity index (χ2v) is 14.9. The number of thiazole rings is 1. The Hall–Kier alpha value is -4.84. The molecule has 3 aliphatic rings. The number of rotatable bonds is 13. The number of nitrogens with zero attached hydrogens (tertiary/aromatic N) is 4. The Labute approximate surface area is 314 Å². The van der Waals surface area contributed by atoms with Gasteiger partial charge in [-0.3, -0.25) is 0 Å². The van der Waals surface area contributed by atoms with Crippen LogP contribution in [0.5, 0.6) is 11.5 Å². The second-order valence-electron chi connectivity index (χ2n) is 13.9. The van der Waals surface area contributed by atoms with E-state index >= 15 is 0 Å². The fourth-order valence-electron chi connectivity index (χ4n) is 7.34. The predicted octanol–water partition coefficient (Wildman–Crippen LogP) is 7.51. The number of piperidine rings is 1. The smallest absolute Gasteiger partial charge is 0.410 e. The van der Waals surface area contributed by atoms with Gasteiger partial charge in [0.2, 0.25) is 0 Å². The number of para-hydroxylation sites is 1. The van der Waals surface area contributed by atoms with E-state index in [1.165, 1.54) is 10.3 Å². The minimum atomic E-state index is -0.317. The van der Waals surface area contributed by atoms with Crippen molar-refractivity contribution in [3.8, 4) is 11.5 Å². The van der Waals surface area contributed by atoms with Gasteiger partial charge in [0.05, 0.1) is 54.8 Å². The number of hydrogen-bond donors (Lipinski definition) is 0. The SMILES string of the molecule is COCCCN1CCOc2ccc(COC3CN(C(=O)OCc4ccccc4)CCC3c3ccc(OC4CN(c5nc6ccccc6s5)C4)cc3)cc21. The molecule has 0 bridgehead atoms. The van der Waals surface area contributed by atoms with Gasteiger partial charge in [0.15, 0.2) is 5.13 Å². The zero-order chi connectivity index (χ0) is 36.0. The first-order chi connectivity index (χ1) is 26.1. The van der Waals surface area contributed by atoms with E-state index in [0.29, 0.717) is 26.3 Å². The molecule has 0 radical (unpaired) electrons. The number of hydrogen-bond acceptors (Lipinski definition) is 10. The average molecular weight is 735 g/mol. The lowest BCUT2D eigenvalue weighted by molar-refractivity contribution is -0.0246. The molecule has 10 nitrogen and oxygen atoms in total. The van der Waals surface area contributed by atoms with Crippen LogP contribution in [-0.2, 0) is 27.4 Å². The summed E-state index contributed by atoms with van der Waals surface area (Å²) in [6, 6.07) is 32.8. The van der Waals surface area contributed by atoms with Crippen LogP contribution < -0.4 is 19.3 Å². The molecule has 2 fully saturated rings. The Morgan fingerprint density at radius 3 is 2.57 bits per heavy atom. The Bertz CT molecular complexity index is 1930. The van der Waals surface area contributed by atoms with E-state index in [1.54, 1.807) is 23.3 Å². The van der Waals surface area contributed by atoms with Gasteiger partial charge in [0.1, 0.15) is 30.8 Å². The second kappa shape index (κ2) is 16.4. The van der Waals surface area contributed by atoms with Gasteiger partial charge in [-0.25, -0.2) is 9.78 Å². The summed E-state index contributed by atoms with van der Waals surface area (Å²) in [5.41, 5.74) is 5.34. The highest BCUT2D eigenvalue weighted by atomic mass is 32.1. The lowest BCUT2D eigenvalue weighted by Gasteiger charge is -2.39. The highest BCUT2D eigenvalue weighted by Crippen LogP contribution is 2.36. The van der Waals surface area contributed by atoms with Gasteiger partial charge in [-0.15, -0.1) is 0 Å². The van der Waals surface area contributed by atoms with Gasteiger partial charge in [0.25, 0.3) is 0 Å². The van der Waals surface area contributed by atoms with E-state index in [2.05, 4.69) is 64.4 Å². The number of amides is 1. The van der Waals surface area contributed by atoms with Crippen molar-refractivity contribution in [2.24, 2.45) is 0 Å². The lowest BCUT2D eigenvalue weighted by atomic mass is 9.87. The molecular weight excluding hydrogens is 689 g/mol. The molecule has 5 aromatic rings. The van der Waals surface area contributed by atoms with E-state index in [-0.39, 0.29) is 30.8 Å². The van der Waals surface area contributed by atoms with E-state index < -0.39 is 0 Å². The maximum atomic E-state index is 13.3. The molecule has 4 heterocycles. The van der Waals surface area contributed by atoms with Gasteiger partial charge in [-0.05, 0) is 65.9 Å². The van der Waals surface area contributed by atoms with Crippen molar-refractivity contribution < 1.29 is 28.5 Å². The maximum absolute atomic E-state index is 13.3. The Morgan fingerprint density at radius 1 is 0.906 bits per heavy atom. The third kappa shape index (κ3) is 8.38. The molecule has 8 rings (SSSR count). The molecule has 1 aromatic heterocycles. The van der Waals surface area contributed by atoms with E-state index in [4.69, 9.17) is 28.7 Å². The van der Waals surface area contributed by atoms with Crippen LogP contribution in [0.25, 0.3) is 10.2 Å². The summed E-state index contributed by atoms with van der Waals surface area (Å²) in [5, 5.41) is 1.05. The molecule has 3 aliphatic heterocycles. The Kier molecular flexibility index (Phi) is 10.9. The largest absolute Gasteiger partial charge is 0.490 e. The Balaban J connectivity index is 0.923. The summed E-state index contributed by atoms with van der Waals surface area (Å²) in [5.74, 6) is 1.86. The number of carbonyl (C=O) groups excluding carboxylic acids is 1. The molecule has 0 N–H and O–H groups in total. The summed E-state index contributed by atoms with van der Waals surface area (Å²) in [4.78, 5) is 24.5. The third-order valence-corrected chi connectivity index (χ3v) is 11.4. The molecule has 4 aromatic carbocycles. The first kappa shape index (κ1) is 35.2. The van der Waals surface area contributed by atoms with Crippen molar-refractivity contribution in [3.63, 3.8) is 0 Å². The predicted molar refractivity (Wildman–Crippen MR) is 207 cm³/mol. The van der Waals surface area contributed by atoms with Crippen LogP contribution in [0, 0.1) is 0 Å². The van der Waals surface area contributed by atoms with Crippen LogP contribution in [-0.4, -0.2) is 87.8 Å². The number of benzene rings is 4. The van der Waals surface area contributed by atoms with Crippen LogP contribution in [0.2, 0.25) is 0 Å². The summed E-state index contributed by atoms with van der Waals surface area (Å²) in [6.45, 7) is 6.46. The molecule has 276 valence electrons. The zero-order valence-electron chi connectivity index (χ0n) is 30.1. The van der Waals surface area contributed by atoms with E-state index in [0.717, 1.165) is 84.6 Å². The zero-order valence-corrected chi connectivity index (χ0v) is 30.9. The van der Waals surface area contributed by atoms with Gasteiger partial charge in [0, 0.05) is 32.7 Å². The fraction of sp³-hybridized carbons (Fsp3) is 0.381. The van der Waals surface area contributed by atoms with Crippen LogP contribution in [0.4, 0.5) is 15.6 Å². The van der Waals surface area contributed by atoms with Crippen molar-refractivity contribution in [3.05, 3.63) is 114 Å². The van der Waals surface area contributed by atoms with E-state index in [1.807, 2.05) is 42.5 Å². The van der Waals surface area contributed by atoms with Crippen LogP contribution >= 0.6 is 11.3 Å². The molecular formula is C42H46N4O6S. The van der Waals surface area contributed by atoms with Crippen molar-refractivity contribution in [2.45, 2.75) is 44.2 Å². The van der Waals surface area contributed by atoms with Crippen LogP contribution in [0.15, 0.2) is 97.1 Å². The summed E-state index contributed by atoms with van der Waals surface area (Å²) >= 11 is 1.73. The highest BCUT2D eigenvalue weighted by Gasteiger charge is 2.35. The highest BCUT2D eigenvalue weighted by molar-refractivity contribution is 7.22. The van der Waals surface area contributed by atoms with Crippen LogP contribution in [0.1, 0.15) is 35.4 Å². The first-order valence-electron chi connectivity index (χ1n) is 18.5. The third-order valence-electron chi connectivity index (χ3n) is 10.3. The first-order valence-corrected chi connectivity index (χ1v) is 19.4. The lowest BCUT2D eigenvalue weighted by Crippen LogP contribution is -2.54. The molecule has 11 heteroatoms. The standard InChI is InChI=1S/C42H46N4O6S/c1-48-22-7-19-44-21-23-49-38-17-12-31(24-37(38)44)29-50-39-27-45(42(47)51-28-30-8-3-2-4-9-30)20-18-35(39)32-13-15-33(16-14-32)52-34-25-46(26-34)41-43-36-10-5-6-11-40(36)53-41/h2-6,8-17,24,34-35,39H,7,18-23,25-29H2,1H3. The molecule has 2 saturated heterocycles. The quantitative estimate of drug-likeness (QED) is 0.114. The van der Waals surface area contributed by atoms with Crippen LogP contribution in [0.3, 0.4) is 0 Å². The summed E-state index contributed by atoms with van der Waals surface area (Å²) in [7, 11) is 1.74. The van der Waals surface area contributed by atoms with Crippen molar-refractivity contribution in [1.82, 2.24) is 9.88 Å². The van der Waals surface area contributed by atoms with E-state index in [9.17, 15) is 4.79 Å². The molecule has 0 saturated carbocycles. The Morgan fingerprint density at radius 2 is 1.74 bits per heavy atom. The van der Waals surface area contributed by atoms with Gasteiger partial charge >= 0.3 is 6.09 Å². The van der Waals surface area contributed by atoms with Crippen molar-refractivity contribution in [2.75, 3.05) is 69.4 Å². The number of anilines is 2. The number of aromatic nitrogens is 1. The monoisotopic (exact) mass is 734 g/mol. The number of fused-ring (bicyclic) bond motifs is 2. The molecule has 2 atom stereocenters.